The number of halogens is 1. The van der Waals surface area contributed by atoms with Gasteiger partial charge in [0, 0.05) is 16.3 Å². The second-order valence-electron chi connectivity index (χ2n) is 4.12. The number of rotatable bonds is 3. The fourth-order valence-electron chi connectivity index (χ4n) is 1.69. The van der Waals surface area contributed by atoms with Crippen molar-refractivity contribution in [2.75, 3.05) is 0 Å². The van der Waals surface area contributed by atoms with Crippen molar-refractivity contribution in [2.24, 2.45) is 4.99 Å². The molecule has 2 aromatic carbocycles. The molecule has 2 nitrogen and oxygen atoms in total. The predicted molar refractivity (Wildman–Crippen MR) is 78.3 cm³/mol. The monoisotopic (exact) mass is 303 g/mol. The maximum atomic E-state index is 9.91. The summed E-state index contributed by atoms with van der Waals surface area (Å²) in [5, 5.41) is 9.91. The molecule has 0 saturated heterocycles. The summed E-state index contributed by atoms with van der Waals surface area (Å²) in [6, 6.07) is 13.8. The summed E-state index contributed by atoms with van der Waals surface area (Å²) in [7, 11) is 0. The second-order valence-corrected chi connectivity index (χ2v) is 5.03. The molecule has 0 aromatic heterocycles. The highest BCUT2D eigenvalue weighted by Crippen LogP contribution is 2.25. The molecule has 3 heteroatoms. The van der Waals surface area contributed by atoms with Crippen LogP contribution in [0.25, 0.3) is 0 Å². The summed E-state index contributed by atoms with van der Waals surface area (Å²) in [5.41, 5.74) is 2.73. The van der Waals surface area contributed by atoms with Gasteiger partial charge >= 0.3 is 0 Å². The molecule has 1 N–H and O–H groups in total. The van der Waals surface area contributed by atoms with Gasteiger partial charge in [0.05, 0.1) is 6.54 Å². The van der Waals surface area contributed by atoms with E-state index in [4.69, 9.17) is 0 Å². The summed E-state index contributed by atoms with van der Waals surface area (Å²) in [5.74, 6) is 0.287. The molecule has 0 aliphatic heterocycles. The molecule has 0 fully saturated rings. The molecule has 0 aliphatic carbocycles. The van der Waals surface area contributed by atoms with Gasteiger partial charge in [0.15, 0.2) is 0 Å². The molecule has 0 spiro atoms. The van der Waals surface area contributed by atoms with E-state index in [1.165, 1.54) is 0 Å². The predicted octanol–water partition coefficient (Wildman–Crippen LogP) is 4.08. The van der Waals surface area contributed by atoms with Gasteiger partial charge in [0.2, 0.25) is 0 Å². The van der Waals surface area contributed by atoms with Crippen molar-refractivity contribution in [3.8, 4) is 5.75 Å². The first-order valence-corrected chi connectivity index (χ1v) is 6.49. The van der Waals surface area contributed by atoms with Crippen LogP contribution in [0.4, 0.5) is 0 Å². The topological polar surface area (TPSA) is 32.6 Å². The van der Waals surface area contributed by atoms with Gasteiger partial charge in [-0.15, -0.1) is 0 Å². The Bertz CT molecular complexity index is 564. The molecular formula is C15H14BrNO. The van der Waals surface area contributed by atoms with Crippen molar-refractivity contribution >= 4 is 22.1 Å². The van der Waals surface area contributed by atoms with Gasteiger partial charge in [0.1, 0.15) is 5.75 Å². The van der Waals surface area contributed by atoms with Crippen molar-refractivity contribution < 1.29 is 5.11 Å². The molecule has 92 valence electrons. The number of hydrogen-bond acceptors (Lipinski definition) is 2. The first-order chi connectivity index (χ1) is 8.66. The zero-order valence-electron chi connectivity index (χ0n) is 10.1. The highest BCUT2D eigenvalue weighted by atomic mass is 79.9. The van der Waals surface area contributed by atoms with Gasteiger partial charge < -0.3 is 5.11 Å². The lowest BCUT2D eigenvalue weighted by molar-refractivity contribution is 0.470. The third-order valence-electron chi connectivity index (χ3n) is 2.64. The molecule has 0 bridgehead atoms. The second kappa shape index (κ2) is 5.83. The first-order valence-electron chi connectivity index (χ1n) is 5.69. The van der Waals surface area contributed by atoms with E-state index in [0.717, 1.165) is 21.2 Å². The molecule has 0 amide bonds. The summed E-state index contributed by atoms with van der Waals surface area (Å²) in [6.45, 7) is 2.49. The maximum Gasteiger partial charge on any atom is 0.127 e. The lowest BCUT2D eigenvalue weighted by Crippen LogP contribution is -1.88. The van der Waals surface area contributed by atoms with Crippen molar-refractivity contribution in [1.29, 1.82) is 0 Å². The van der Waals surface area contributed by atoms with E-state index < -0.39 is 0 Å². The Morgan fingerprint density at radius 3 is 2.67 bits per heavy atom. The van der Waals surface area contributed by atoms with Crippen LogP contribution in [0.2, 0.25) is 0 Å². The third kappa shape index (κ3) is 3.20. The lowest BCUT2D eigenvalue weighted by Gasteiger charge is -2.04. The minimum Gasteiger partial charge on any atom is -0.507 e. The van der Waals surface area contributed by atoms with Gasteiger partial charge in [-0.1, -0.05) is 46.3 Å². The molecule has 0 unspecified atom stereocenters. The van der Waals surface area contributed by atoms with Crippen LogP contribution in [0.15, 0.2) is 51.9 Å². The number of aliphatic imine (C=N–C) groups is 1. The SMILES string of the molecule is Cc1cc(Br)cc(C=NCc2ccccc2)c1O. The van der Waals surface area contributed by atoms with Crippen LogP contribution in [-0.4, -0.2) is 11.3 Å². The Labute approximate surface area is 115 Å². The van der Waals surface area contributed by atoms with Crippen molar-refractivity contribution in [2.45, 2.75) is 13.5 Å². The van der Waals surface area contributed by atoms with E-state index >= 15 is 0 Å². The minimum atomic E-state index is 0.287. The van der Waals surface area contributed by atoms with Crippen LogP contribution in [0, 0.1) is 6.92 Å². The summed E-state index contributed by atoms with van der Waals surface area (Å²) in [4.78, 5) is 4.35. The van der Waals surface area contributed by atoms with Gasteiger partial charge in [-0.3, -0.25) is 4.99 Å². The molecule has 0 radical (unpaired) electrons. The maximum absolute atomic E-state index is 9.91. The van der Waals surface area contributed by atoms with E-state index in [0.29, 0.717) is 6.54 Å². The van der Waals surface area contributed by atoms with Gasteiger partial charge in [-0.05, 0) is 30.2 Å². The van der Waals surface area contributed by atoms with E-state index in [1.807, 2.05) is 49.4 Å². The molecule has 2 rings (SSSR count). The van der Waals surface area contributed by atoms with Crippen molar-refractivity contribution in [3.63, 3.8) is 0 Å². The molecule has 0 saturated carbocycles. The summed E-state index contributed by atoms with van der Waals surface area (Å²) >= 11 is 3.41. The molecule has 18 heavy (non-hydrogen) atoms. The van der Waals surface area contributed by atoms with E-state index in [2.05, 4.69) is 20.9 Å². The van der Waals surface area contributed by atoms with Gasteiger partial charge in [-0.25, -0.2) is 0 Å². The Morgan fingerprint density at radius 1 is 1.22 bits per heavy atom. The lowest BCUT2D eigenvalue weighted by atomic mass is 10.1. The Kier molecular flexibility index (Phi) is 4.15. The number of benzene rings is 2. The Balaban J connectivity index is 2.15. The number of phenols is 1. The van der Waals surface area contributed by atoms with Crippen LogP contribution < -0.4 is 0 Å². The largest absolute Gasteiger partial charge is 0.507 e. The summed E-state index contributed by atoms with van der Waals surface area (Å²) < 4.78 is 0.943. The number of hydrogen-bond donors (Lipinski definition) is 1. The van der Waals surface area contributed by atoms with Gasteiger partial charge in [0.25, 0.3) is 0 Å². The standard InChI is InChI=1S/C15H14BrNO/c1-11-7-14(16)8-13(15(11)18)10-17-9-12-5-3-2-4-6-12/h2-8,10,18H,9H2,1H3. The van der Waals surface area contributed by atoms with E-state index in [9.17, 15) is 5.11 Å². The summed E-state index contributed by atoms with van der Waals surface area (Å²) in [6.07, 6.45) is 1.71. The first kappa shape index (κ1) is 12.8. The normalized spacial score (nSPS) is 11.0. The van der Waals surface area contributed by atoms with Crippen molar-refractivity contribution in [1.82, 2.24) is 0 Å². The zero-order valence-corrected chi connectivity index (χ0v) is 11.7. The number of aryl methyl sites for hydroxylation is 1. The smallest absolute Gasteiger partial charge is 0.127 e. The number of phenolic OH excluding ortho intramolecular Hbond substituents is 1. The fourth-order valence-corrected chi connectivity index (χ4v) is 2.28. The van der Waals surface area contributed by atoms with E-state index in [1.54, 1.807) is 6.21 Å². The molecule has 0 atom stereocenters. The van der Waals surface area contributed by atoms with Crippen LogP contribution >= 0.6 is 15.9 Å². The molecule has 0 heterocycles. The number of nitrogens with zero attached hydrogens (tertiary/aromatic N) is 1. The van der Waals surface area contributed by atoms with Crippen LogP contribution in [-0.2, 0) is 6.54 Å². The van der Waals surface area contributed by atoms with Crippen LogP contribution in [0.1, 0.15) is 16.7 Å². The Hall–Kier alpha value is -1.61. The molecule has 2 aromatic rings. The van der Waals surface area contributed by atoms with Crippen molar-refractivity contribution in [3.05, 3.63) is 63.6 Å². The van der Waals surface area contributed by atoms with Gasteiger partial charge in [-0.2, -0.15) is 0 Å². The third-order valence-corrected chi connectivity index (χ3v) is 3.10. The Morgan fingerprint density at radius 2 is 1.94 bits per heavy atom. The quantitative estimate of drug-likeness (QED) is 0.851. The van der Waals surface area contributed by atoms with E-state index in [-0.39, 0.29) is 5.75 Å². The minimum absolute atomic E-state index is 0.287. The number of aromatic hydroxyl groups is 1. The highest BCUT2D eigenvalue weighted by Gasteiger charge is 2.03. The zero-order chi connectivity index (χ0) is 13.0. The average molecular weight is 304 g/mol. The average Bonchev–Trinajstić information content (AvgIpc) is 2.36. The highest BCUT2D eigenvalue weighted by molar-refractivity contribution is 9.10. The van der Waals surface area contributed by atoms with Crippen LogP contribution in [0.3, 0.4) is 0 Å². The fraction of sp³-hybridized carbons (Fsp3) is 0.133. The molecule has 0 aliphatic rings. The molecular weight excluding hydrogens is 290 g/mol. The van der Waals surface area contributed by atoms with Crippen LogP contribution in [0.5, 0.6) is 5.75 Å².